The Balaban J connectivity index is 2.45. The van der Waals surface area contributed by atoms with Crippen LogP contribution in [0.25, 0.3) is 0 Å². The van der Waals surface area contributed by atoms with Crippen LogP contribution >= 0.6 is 9.39 Å². The van der Waals surface area contributed by atoms with Crippen LogP contribution in [-0.4, -0.2) is 47.4 Å². The minimum atomic E-state index is -0.399. The van der Waals surface area contributed by atoms with E-state index in [1.54, 1.807) is 4.90 Å². The molecule has 1 amide bonds. The highest BCUT2D eigenvalue weighted by Gasteiger charge is 2.23. The maximum atomic E-state index is 11.8. The van der Waals surface area contributed by atoms with Gasteiger partial charge in [0, 0.05) is 26.2 Å². The molecule has 1 aliphatic heterocycles. The van der Waals surface area contributed by atoms with E-state index in [-0.39, 0.29) is 6.09 Å². The van der Waals surface area contributed by atoms with E-state index in [1.165, 1.54) is 0 Å². The Bertz CT molecular complexity index is 228. The molecule has 1 unspecified atom stereocenters. The molecule has 0 aromatic carbocycles. The van der Waals surface area contributed by atoms with Gasteiger partial charge in [0.15, 0.2) is 0 Å². The standard InChI is InChI=1S/C10H21N2O2P/c1-10(2,3)14-9(13)11-5-4-6-12(15)8-7-11/h4-8,15H2,1-3H3. The number of carbonyl (C=O) groups excluding carboxylic acids is 1. The van der Waals surface area contributed by atoms with Gasteiger partial charge in [0.25, 0.3) is 0 Å². The molecule has 0 aromatic rings. The lowest BCUT2D eigenvalue weighted by molar-refractivity contribution is 0.0260. The summed E-state index contributed by atoms with van der Waals surface area (Å²) in [4.78, 5) is 13.5. The lowest BCUT2D eigenvalue weighted by Crippen LogP contribution is -2.38. The molecule has 1 saturated heterocycles. The molecule has 15 heavy (non-hydrogen) atoms. The molecule has 1 aliphatic rings. The summed E-state index contributed by atoms with van der Waals surface area (Å²) in [7, 11) is 2.68. The fourth-order valence-electron chi connectivity index (χ4n) is 1.45. The van der Waals surface area contributed by atoms with Crippen molar-refractivity contribution in [2.75, 3.05) is 26.2 Å². The second-order valence-corrected chi connectivity index (χ2v) is 5.59. The summed E-state index contributed by atoms with van der Waals surface area (Å²) in [6.07, 6.45) is 0.811. The van der Waals surface area contributed by atoms with Gasteiger partial charge in [0.05, 0.1) is 0 Å². The normalized spacial score (nSPS) is 19.9. The predicted molar refractivity (Wildman–Crippen MR) is 63.7 cm³/mol. The first-order chi connectivity index (χ1) is 6.88. The Morgan fingerprint density at radius 2 is 1.87 bits per heavy atom. The van der Waals surface area contributed by atoms with Crippen molar-refractivity contribution >= 4 is 15.5 Å². The smallest absolute Gasteiger partial charge is 0.410 e. The highest BCUT2D eigenvalue weighted by atomic mass is 31.0. The monoisotopic (exact) mass is 232 g/mol. The summed E-state index contributed by atoms with van der Waals surface area (Å²) >= 11 is 0. The topological polar surface area (TPSA) is 32.8 Å². The quantitative estimate of drug-likeness (QED) is 0.596. The zero-order valence-electron chi connectivity index (χ0n) is 9.82. The number of hydrogen-bond donors (Lipinski definition) is 0. The number of ether oxygens (including phenoxy) is 1. The molecule has 0 N–H and O–H groups in total. The Kier molecular flexibility index (Phi) is 4.35. The molecule has 5 heteroatoms. The molecule has 0 aliphatic carbocycles. The van der Waals surface area contributed by atoms with Crippen molar-refractivity contribution in [2.45, 2.75) is 32.8 Å². The molecule has 4 nitrogen and oxygen atoms in total. The van der Waals surface area contributed by atoms with Crippen molar-refractivity contribution in [3.63, 3.8) is 0 Å². The van der Waals surface area contributed by atoms with Crippen LogP contribution in [0, 0.1) is 0 Å². The molecule has 88 valence electrons. The fraction of sp³-hybridized carbons (Fsp3) is 0.900. The van der Waals surface area contributed by atoms with Gasteiger partial charge in [-0.2, -0.15) is 0 Å². The number of hydrogen-bond acceptors (Lipinski definition) is 3. The van der Waals surface area contributed by atoms with E-state index in [0.717, 1.165) is 32.6 Å². The largest absolute Gasteiger partial charge is 0.444 e. The van der Waals surface area contributed by atoms with Crippen LogP contribution in [0.15, 0.2) is 0 Å². The average molecular weight is 232 g/mol. The third-order valence-electron chi connectivity index (χ3n) is 2.18. The maximum absolute atomic E-state index is 11.8. The number of amides is 1. The lowest BCUT2D eigenvalue weighted by atomic mass is 10.2. The van der Waals surface area contributed by atoms with Crippen molar-refractivity contribution in [3.8, 4) is 0 Å². The van der Waals surface area contributed by atoms with Crippen molar-refractivity contribution in [1.29, 1.82) is 0 Å². The summed E-state index contributed by atoms with van der Waals surface area (Å²) in [6, 6.07) is 0. The van der Waals surface area contributed by atoms with Crippen molar-refractivity contribution in [2.24, 2.45) is 0 Å². The first kappa shape index (κ1) is 12.7. The highest BCUT2D eigenvalue weighted by molar-refractivity contribution is 7.13. The lowest BCUT2D eigenvalue weighted by Gasteiger charge is -2.26. The van der Waals surface area contributed by atoms with E-state index in [0.29, 0.717) is 0 Å². The van der Waals surface area contributed by atoms with Crippen LogP contribution in [0.1, 0.15) is 27.2 Å². The number of nitrogens with zero attached hydrogens (tertiary/aromatic N) is 2. The summed E-state index contributed by atoms with van der Waals surface area (Å²) < 4.78 is 7.49. The Hall–Kier alpha value is -0.340. The van der Waals surface area contributed by atoms with Gasteiger partial charge in [0.2, 0.25) is 0 Å². The number of rotatable bonds is 0. The van der Waals surface area contributed by atoms with Gasteiger partial charge in [-0.25, -0.2) is 4.79 Å². The second-order valence-electron chi connectivity index (χ2n) is 4.86. The van der Waals surface area contributed by atoms with Gasteiger partial charge in [-0.05, 0) is 27.2 Å². The molecule has 1 heterocycles. The Labute approximate surface area is 94.2 Å². The molecule has 0 saturated carbocycles. The average Bonchev–Trinajstić information content (AvgIpc) is 2.26. The van der Waals surface area contributed by atoms with E-state index in [9.17, 15) is 4.79 Å². The molecule has 0 aromatic heterocycles. The summed E-state index contributed by atoms with van der Waals surface area (Å²) in [5, 5.41) is 0. The van der Waals surface area contributed by atoms with Crippen LogP contribution in [0.2, 0.25) is 0 Å². The minimum Gasteiger partial charge on any atom is -0.444 e. The van der Waals surface area contributed by atoms with Crippen LogP contribution in [-0.2, 0) is 4.74 Å². The first-order valence-electron chi connectivity index (χ1n) is 5.36. The second kappa shape index (κ2) is 5.13. The van der Waals surface area contributed by atoms with Crippen LogP contribution in [0.3, 0.4) is 0 Å². The van der Waals surface area contributed by atoms with Crippen LogP contribution in [0.4, 0.5) is 4.79 Å². The Morgan fingerprint density at radius 3 is 2.47 bits per heavy atom. The number of carbonyl (C=O) groups is 1. The van der Waals surface area contributed by atoms with Crippen molar-refractivity contribution < 1.29 is 9.53 Å². The van der Waals surface area contributed by atoms with E-state index in [1.807, 2.05) is 20.8 Å². The van der Waals surface area contributed by atoms with Crippen molar-refractivity contribution in [3.05, 3.63) is 0 Å². The molecular formula is C10H21N2O2P. The van der Waals surface area contributed by atoms with Crippen LogP contribution in [0.5, 0.6) is 0 Å². The summed E-state index contributed by atoms with van der Waals surface area (Å²) in [5.74, 6) is 0. The van der Waals surface area contributed by atoms with Gasteiger partial charge in [-0.15, -0.1) is 0 Å². The molecule has 0 spiro atoms. The fourth-order valence-corrected chi connectivity index (χ4v) is 1.74. The third kappa shape index (κ3) is 4.80. The van der Waals surface area contributed by atoms with Gasteiger partial charge in [-0.3, -0.25) is 4.67 Å². The maximum Gasteiger partial charge on any atom is 0.410 e. The highest BCUT2D eigenvalue weighted by Crippen LogP contribution is 2.13. The van der Waals surface area contributed by atoms with Gasteiger partial charge >= 0.3 is 6.09 Å². The summed E-state index contributed by atoms with van der Waals surface area (Å²) in [6.45, 7) is 9.13. The predicted octanol–water partition coefficient (Wildman–Crippen LogP) is 1.72. The van der Waals surface area contributed by atoms with E-state index in [4.69, 9.17) is 4.74 Å². The molecule has 1 fully saturated rings. The minimum absolute atomic E-state index is 0.192. The zero-order valence-corrected chi connectivity index (χ0v) is 11.0. The van der Waals surface area contributed by atoms with Gasteiger partial charge in [-0.1, -0.05) is 9.39 Å². The summed E-state index contributed by atoms with van der Waals surface area (Å²) in [5.41, 5.74) is -0.399. The van der Waals surface area contributed by atoms with E-state index in [2.05, 4.69) is 14.1 Å². The van der Waals surface area contributed by atoms with Crippen LogP contribution < -0.4 is 0 Å². The van der Waals surface area contributed by atoms with Crippen molar-refractivity contribution in [1.82, 2.24) is 9.57 Å². The van der Waals surface area contributed by atoms with E-state index >= 15 is 0 Å². The molecule has 0 radical (unpaired) electrons. The van der Waals surface area contributed by atoms with Gasteiger partial charge < -0.3 is 9.64 Å². The zero-order chi connectivity index (χ0) is 11.5. The molecular weight excluding hydrogens is 211 g/mol. The van der Waals surface area contributed by atoms with Gasteiger partial charge in [0.1, 0.15) is 5.60 Å². The first-order valence-corrected chi connectivity index (χ1v) is 5.88. The molecule has 1 rings (SSSR count). The Morgan fingerprint density at radius 1 is 1.20 bits per heavy atom. The SMILES string of the molecule is CC(C)(C)OC(=O)N1CCCN(P)CC1. The molecule has 0 bridgehead atoms. The van der Waals surface area contributed by atoms with E-state index < -0.39 is 5.60 Å². The third-order valence-corrected chi connectivity index (χ3v) is 2.70. The molecule has 1 atom stereocenters.